The number of carbonyl (C=O) groups excluding carboxylic acids is 1. The van der Waals surface area contributed by atoms with Gasteiger partial charge in [-0.1, -0.05) is 25.8 Å². The summed E-state index contributed by atoms with van der Waals surface area (Å²) >= 11 is 5.29. The number of aromatic nitrogens is 1. The van der Waals surface area contributed by atoms with Crippen molar-refractivity contribution >= 4 is 40.0 Å². The molecule has 0 spiro atoms. The van der Waals surface area contributed by atoms with Gasteiger partial charge in [-0.3, -0.25) is 4.79 Å². The summed E-state index contributed by atoms with van der Waals surface area (Å²) in [7, 11) is 1.62. The van der Waals surface area contributed by atoms with E-state index in [1.165, 1.54) is 0 Å². The molecule has 0 unspecified atom stereocenters. The zero-order valence-corrected chi connectivity index (χ0v) is 17.7. The number of fused-ring (bicyclic) bond motifs is 1. The second kappa shape index (κ2) is 9.52. The molecule has 2 N–H and O–H groups in total. The summed E-state index contributed by atoms with van der Waals surface area (Å²) in [5.41, 5.74) is 4.01. The van der Waals surface area contributed by atoms with Gasteiger partial charge in [-0.25, -0.2) is 4.98 Å². The van der Waals surface area contributed by atoms with Gasteiger partial charge in [0.05, 0.1) is 7.11 Å². The Bertz CT molecular complexity index is 1030. The predicted molar refractivity (Wildman–Crippen MR) is 119 cm³/mol. The van der Waals surface area contributed by atoms with Crippen LogP contribution < -0.4 is 15.4 Å². The molecule has 0 atom stereocenters. The molecule has 0 fully saturated rings. The van der Waals surface area contributed by atoms with Crippen molar-refractivity contribution in [2.45, 2.75) is 39.5 Å². The van der Waals surface area contributed by atoms with Gasteiger partial charge in [0, 0.05) is 23.7 Å². The number of nitrogens with one attached hydrogen (secondary N) is 2. The van der Waals surface area contributed by atoms with E-state index < -0.39 is 0 Å². The molecule has 152 valence electrons. The van der Waals surface area contributed by atoms with Gasteiger partial charge < -0.3 is 19.8 Å². The van der Waals surface area contributed by atoms with Crippen LogP contribution >= 0.6 is 12.2 Å². The van der Waals surface area contributed by atoms with Crippen LogP contribution in [0.5, 0.6) is 5.75 Å². The predicted octanol–water partition coefficient (Wildman–Crippen LogP) is 5.21. The number of hydrogen-bond acceptors (Lipinski definition) is 5. The average molecular weight is 412 g/mol. The number of amides is 1. The second-order valence-electron chi connectivity index (χ2n) is 6.84. The molecule has 0 bridgehead atoms. The number of ether oxygens (including phenoxy) is 1. The largest absolute Gasteiger partial charge is 0.497 e. The summed E-state index contributed by atoms with van der Waals surface area (Å²) in [5.74, 6) is 1.16. The molecular formula is C22H25N3O3S. The normalized spacial score (nSPS) is 10.7. The fourth-order valence-electron chi connectivity index (χ4n) is 2.93. The third-order valence-electron chi connectivity index (χ3n) is 4.59. The van der Waals surface area contributed by atoms with E-state index in [9.17, 15) is 4.79 Å². The molecule has 1 heterocycles. The number of rotatable bonds is 7. The molecule has 0 aliphatic heterocycles. The molecule has 7 heteroatoms. The number of nitrogens with zero attached hydrogens (tertiary/aromatic N) is 1. The number of thiocarbonyl (C=S) groups is 1. The van der Waals surface area contributed by atoms with Crippen LogP contribution in [0.1, 0.15) is 38.2 Å². The van der Waals surface area contributed by atoms with Gasteiger partial charge in [-0.15, -0.1) is 0 Å². The van der Waals surface area contributed by atoms with Gasteiger partial charge in [0.1, 0.15) is 11.3 Å². The molecule has 1 amide bonds. The molecule has 2 aromatic carbocycles. The first-order chi connectivity index (χ1) is 14.0. The highest BCUT2D eigenvalue weighted by atomic mass is 32.1. The highest BCUT2D eigenvalue weighted by Gasteiger charge is 2.12. The van der Waals surface area contributed by atoms with Crippen molar-refractivity contribution in [2.24, 2.45) is 0 Å². The summed E-state index contributed by atoms with van der Waals surface area (Å²) in [6, 6.07) is 11.3. The molecule has 0 radical (unpaired) electrons. The number of benzene rings is 2. The van der Waals surface area contributed by atoms with E-state index in [1.54, 1.807) is 7.11 Å². The molecule has 1 aromatic heterocycles. The van der Waals surface area contributed by atoms with E-state index in [2.05, 4.69) is 22.5 Å². The summed E-state index contributed by atoms with van der Waals surface area (Å²) < 4.78 is 11.1. The summed E-state index contributed by atoms with van der Waals surface area (Å²) in [6.45, 7) is 4.07. The Morgan fingerprint density at radius 2 is 2.03 bits per heavy atom. The summed E-state index contributed by atoms with van der Waals surface area (Å²) in [5, 5.41) is 6.13. The van der Waals surface area contributed by atoms with Gasteiger partial charge in [0.25, 0.3) is 0 Å². The van der Waals surface area contributed by atoms with Crippen LogP contribution in [0.25, 0.3) is 22.6 Å². The van der Waals surface area contributed by atoms with Crippen molar-refractivity contribution in [3.8, 4) is 17.2 Å². The Morgan fingerprint density at radius 1 is 1.21 bits per heavy atom. The van der Waals surface area contributed by atoms with Crippen molar-refractivity contribution in [1.29, 1.82) is 0 Å². The summed E-state index contributed by atoms with van der Waals surface area (Å²) in [4.78, 5) is 16.5. The van der Waals surface area contributed by atoms with Crippen molar-refractivity contribution < 1.29 is 13.9 Å². The molecule has 0 aliphatic rings. The molecule has 0 saturated carbocycles. The maximum absolute atomic E-state index is 12.0. The number of aryl methyl sites for hydroxylation is 1. The Hall–Kier alpha value is -2.93. The number of hydrogen-bond donors (Lipinski definition) is 2. The van der Waals surface area contributed by atoms with Crippen molar-refractivity contribution in [3.05, 3.63) is 42.0 Å². The van der Waals surface area contributed by atoms with Crippen molar-refractivity contribution in [1.82, 2.24) is 10.3 Å². The van der Waals surface area contributed by atoms with E-state index in [-0.39, 0.29) is 11.0 Å². The number of oxazole rings is 1. The first-order valence-corrected chi connectivity index (χ1v) is 10.1. The average Bonchev–Trinajstić information content (AvgIpc) is 3.13. The Balaban J connectivity index is 1.74. The lowest BCUT2D eigenvalue weighted by Crippen LogP contribution is -2.34. The van der Waals surface area contributed by atoms with Gasteiger partial charge in [-0.05, 0) is 55.4 Å². The van der Waals surface area contributed by atoms with Crippen molar-refractivity contribution in [2.75, 3.05) is 12.4 Å². The zero-order chi connectivity index (χ0) is 20.8. The maximum Gasteiger partial charge on any atom is 0.227 e. The molecule has 0 saturated heterocycles. The molecule has 29 heavy (non-hydrogen) atoms. The highest BCUT2D eigenvalue weighted by Crippen LogP contribution is 2.29. The van der Waals surface area contributed by atoms with Crippen LogP contribution in [-0.4, -0.2) is 23.1 Å². The lowest BCUT2D eigenvalue weighted by atomic mass is 10.1. The third-order valence-corrected chi connectivity index (χ3v) is 4.79. The topological polar surface area (TPSA) is 76.4 Å². The van der Waals surface area contributed by atoms with Crippen LogP contribution in [0.2, 0.25) is 0 Å². The first kappa shape index (κ1) is 20.8. The minimum Gasteiger partial charge on any atom is -0.497 e. The Kier molecular flexibility index (Phi) is 6.82. The number of anilines is 1. The number of carbonyl (C=O) groups is 1. The Labute approximate surface area is 175 Å². The van der Waals surface area contributed by atoms with E-state index in [0.717, 1.165) is 47.3 Å². The lowest BCUT2D eigenvalue weighted by molar-refractivity contribution is -0.119. The maximum atomic E-state index is 12.0. The van der Waals surface area contributed by atoms with Gasteiger partial charge in [0.2, 0.25) is 11.8 Å². The molecule has 3 aromatic rings. The Morgan fingerprint density at radius 3 is 2.79 bits per heavy atom. The monoisotopic (exact) mass is 411 g/mol. The van der Waals surface area contributed by atoms with Crippen LogP contribution in [0, 0.1) is 6.92 Å². The van der Waals surface area contributed by atoms with Crippen LogP contribution in [-0.2, 0) is 4.79 Å². The van der Waals surface area contributed by atoms with Crippen LogP contribution in [0.3, 0.4) is 0 Å². The second-order valence-corrected chi connectivity index (χ2v) is 7.25. The van der Waals surface area contributed by atoms with E-state index in [4.69, 9.17) is 21.4 Å². The molecular weight excluding hydrogens is 386 g/mol. The van der Waals surface area contributed by atoms with E-state index in [0.29, 0.717) is 17.9 Å². The van der Waals surface area contributed by atoms with Crippen LogP contribution in [0.4, 0.5) is 5.69 Å². The number of methoxy groups -OCH3 is 1. The minimum atomic E-state index is -0.0716. The fraction of sp³-hybridized carbons (Fsp3) is 0.318. The fourth-order valence-corrected chi connectivity index (χ4v) is 3.15. The summed E-state index contributed by atoms with van der Waals surface area (Å²) in [6.07, 6.45) is 3.44. The molecule has 3 rings (SSSR count). The molecule has 6 nitrogen and oxygen atoms in total. The van der Waals surface area contributed by atoms with E-state index in [1.807, 2.05) is 43.3 Å². The highest BCUT2D eigenvalue weighted by molar-refractivity contribution is 7.80. The lowest BCUT2D eigenvalue weighted by Gasteiger charge is -2.12. The van der Waals surface area contributed by atoms with Gasteiger partial charge in [0.15, 0.2) is 10.7 Å². The SMILES string of the molecule is CCCCCC(=O)NC(=S)Nc1cc(-c2nc3cc(OC)ccc3o2)ccc1C. The standard InChI is InChI=1S/C22H25N3O3S/c1-4-5-6-7-20(26)25-22(29)24-17-12-15(9-8-14(17)2)21-23-18-13-16(27-3)10-11-19(18)28-21/h8-13H,4-7H2,1-3H3,(H2,24,25,26,29). The minimum absolute atomic E-state index is 0.0716. The zero-order valence-electron chi connectivity index (χ0n) is 16.9. The van der Waals surface area contributed by atoms with Crippen LogP contribution in [0.15, 0.2) is 40.8 Å². The quantitative estimate of drug-likeness (QED) is 0.411. The van der Waals surface area contributed by atoms with Crippen molar-refractivity contribution in [3.63, 3.8) is 0 Å². The smallest absolute Gasteiger partial charge is 0.227 e. The molecule has 0 aliphatic carbocycles. The number of unbranched alkanes of at least 4 members (excludes halogenated alkanes) is 2. The first-order valence-electron chi connectivity index (χ1n) is 9.66. The van der Waals surface area contributed by atoms with Gasteiger partial charge >= 0.3 is 0 Å². The third kappa shape index (κ3) is 5.32. The van der Waals surface area contributed by atoms with Gasteiger partial charge in [-0.2, -0.15) is 0 Å². The van der Waals surface area contributed by atoms with E-state index >= 15 is 0 Å².